The van der Waals surface area contributed by atoms with Gasteiger partial charge in [-0.2, -0.15) is 0 Å². The van der Waals surface area contributed by atoms with Gasteiger partial charge in [-0.25, -0.2) is 0 Å². The van der Waals surface area contributed by atoms with Gasteiger partial charge < -0.3 is 14.4 Å². The van der Waals surface area contributed by atoms with Crippen molar-refractivity contribution < 1.29 is 14.3 Å². The Morgan fingerprint density at radius 1 is 1.06 bits per heavy atom. The molecular weight excluding hydrogens is 408 g/mol. The summed E-state index contributed by atoms with van der Waals surface area (Å²) in [5, 5.41) is 1.82. The third-order valence-electron chi connectivity index (χ3n) is 5.75. The van der Waals surface area contributed by atoms with Crippen LogP contribution in [0.3, 0.4) is 0 Å². The van der Waals surface area contributed by atoms with E-state index in [1.165, 1.54) is 32.4 Å². The average molecular weight is 439 g/mol. The maximum absolute atomic E-state index is 13.5. The Bertz CT molecular complexity index is 1040. The van der Waals surface area contributed by atoms with Crippen LogP contribution in [0.25, 0.3) is 10.1 Å². The van der Waals surface area contributed by atoms with Crippen LogP contribution >= 0.6 is 11.3 Å². The predicted octanol–water partition coefficient (Wildman–Crippen LogP) is 5.07. The Kier molecular flexibility index (Phi) is 6.78. The summed E-state index contributed by atoms with van der Waals surface area (Å²) in [7, 11) is 5.58. The Labute approximate surface area is 188 Å². The van der Waals surface area contributed by atoms with Crippen molar-refractivity contribution in [3.05, 3.63) is 53.6 Å². The molecule has 1 aliphatic heterocycles. The normalized spacial score (nSPS) is 14.5. The van der Waals surface area contributed by atoms with Gasteiger partial charge in [-0.3, -0.25) is 9.69 Å². The lowest BCUT2D eigenvalue weighted by Gasteiger charge is -2.26. The van der Waals surface area contributed by atoms with Gasteiger partial charge in [0.25, 0.3) is 0 Å². The van der Waals surface area contributed by atoms with Crippen molar-refractivity contribution in [1.29, 1.82) is 0 Å². The SMILES string of the molecule is COc1cccc2sc(N(C)C)c(C(=O)c3ccc(OCCN4CCCCC4)cc3)c12. The quantitative estimate of drug-likeness (QED) is 0.459. The molecule has 1 aromatic heterocycles. The maximum atomic E-state index is 13.5. The second kappa shape index (κ2) is 9.71. The van der Waals surface area contributed by atoms with Gasteiger partial charge in [-0.05, 0) is 62.3 Å². The van der Waals surface area contributed by atoms with Gasteiger partial charge in [0, 0.05) is 36.3 Å². The Morgan fingerprint density at radius 3 is 2.48 bits per heavy atom. The lowest BCUT2D eigenvalue weighted by molar-refractivity contribution is 0.104. The van der Waals surface area contributed by atoms with E-state index in [0.29, 0.717) is 17.7 Å². The van der Waals surface area contributed by atoms with Crippen LogP contribution < -0.4 is 14.4 Å². The summed E-state index contributed by atoms with van der Waals surface area (Å²) in [6.45, 7) is 3.96. The largest absolute Gasteiger partial charge is 0.496 e. The summed E-state index contributed by atoms with van der Waals surface area (Å²) in [6, 6.07) is 13.4. The van der Waals surface area contributed by atoms with Crippen molar-refractivity contribution in [2.75, 3.05) is 52.3 Å². The van der Waals surface area contributed by atoms with E-state index in [4.69, 9.17) is 9.47 Å². The van der Waals surface area contributed by atoms with E-state index in [1.54, 1.807) is 18.4 Å². The summed E-state index contributed by atoms with van der Waals surface area (Å²) < 4.78 is 12.5. The first-order valence-corrected chi connectivity index (χ1v) is 11.7. The number of thiophene rings is 1. The van der Waals surface area contributed by atoms with E-state index in [2.05, 4.69) is 4.90 Å². The number of nitrogens with zero attached hydrogens (tertiary/aromatic N) is 2. The van der Waals surface area contributed by atoms with Crippen LogP contribution in [0.5, 0.6) is 11.5 Å². The fourth-order valence-corrected chi connectivity index (χ4v) is 5.26. The average Bonchev–Trinajstić information content (AvgIpc) is 3.20. The number of piperidine rings is 1. The van der Waals surface area contributed by atoms with Gasteiger partial charge in [0.15, 0.2) is 5.78 Å². The van der Waals surface area contributed by atoms with Crippen LogP contribution in [0.1, 0.15) is 35.2 Å². The van der Waals surface area contributed by atoms with Gasteiger partial charge in [0.05, 0.1) is 12.7 Å². The molecule has 0 N–H and O–H groups in total. The van der Waals surface area contributed by atoms with Crippen LogP contribution in [0, 0.1) is 0 Å². The molecule has 3 aromatic rings. The second-order valence-corrected chi connectivity index (χ2v) is 9.14. The zero-order valence-electron chi connectivity index (χ0n) is 18.5. The molecule has 31 heavy (non-hydrogen) atoms. The number of likely N-dealkylation sites (tertiary alicyclic amines) is 1. The van der Waals surface area contributed by atoms with Crippen molar-refractivity contribution in [2.45, 2.75) is 19.3 Å². The van der Waals surface area contributed by atoms with Crippen molar-refractivity contribution >= 4 is 32.2 Å². The Balaban J connectivity index is 1.53. The van der Waals surface area contributed by atoms with Crippen LogP contribution in [0.15, 0.2) is 42.5 Å². The van der Waals surface area contributed by atoms with Crippen molar-refractivity contribution in [3.8, 4) is 11.5 Å². The van der Waals surface area contributed by atoms with Crippen molar-refractivity contribution in [2.24, 2.45) is 0 Å². The van der Waals surface area contributed by atoms with E-state index in [0.717, 1.165) is 33.1 Å². The minimum Gasteiger partial charge on any atom is -0.496 e. The molecule has 0 spiro atoms. The number of ether oxygens (including phenoxy) is 2. The molecule has 0 aliphatic carbocycles. The van der Waals surface area contributed by atoms with E-state index >= 15 is 0 Å². The van der Waals surface area contributed by atoms with Crippen LogP contribution in [-0.4, -0.2) is 58.1 Å². The van der Waals surface area contributed by atoms with E-state index in [9.17, 15) is 4.79 Å². The number of anilines is 1. The number of carbonyl (C=O) groups is 1. The molecule has 0 bridgehead atoms. The molecule has 5 nitrogen and oxygen atoms in total. The Morgan fingerprint density at radius 2 is 1.81 bits per heavy atom. The number of ketones is 1. The third kappa shape index (κ3) is 4.70. The van der Waals surface area contributed by atoms with Crippen LogP contribution in [-0.2, 0) is 0 Å². The van der Waals surface area contributed by atoms with Crippen molar-refractivity contribution in [1.82, 2.24) is 4.90 Å². The first-order valence-electron chi connectivity index (χ1n) is 10.8. The third-order valence-corrected chi connectivity index (χ3v) is 7.08. The topological polar surface area (TPSA) is 42.0 Å². The Hall–Kier alpha value is -2.57. The first-order chi connectivity index (χ1) is 15.1. The van der Waals surface area contributed by atoms with Gasteiger partial charge in [-0.15, -0.1) is 11.3 Å². The molecule has 4 rings (SSSR count). The van der Waals surface area contributed by atoms with Gasteiger partial charge in [0.2, 0.25) is 0 Å². The molecular formula is C25H30N2O3S. The molecule has 0 amide bonds. The highest BCUT2D eigenvalue weighted by Crippen LogP contribution is 2.43. The highest BCUT2D eigenvalue weighted by atomic mass is 32.1. The molecule has 0 saturated carbocycles. The fraction of sp³-hybridized carbons (Fsp3) is 0.400. The number of hydrogen-bond donors (Lipinski definition) is 0. The van der Waals surface area contributed by atoms with E-state index < -0.39 is 0 Å². The second-order valence-electron chi connectivity index (χ2n) is 8.11. The lowest BCUT2D eigenvalue weighted by Crippen LogP contribution is -2.33. The monoisotopic (exact) mass is 438 g/mol. The smallest absolute Gasteiger partial charge is 0.196 e. The van der Waals surface area contributed by atoms with Gasteiger partial charge in [-0.1, -0.05) is 12.5 Å². The number of benzene rings is 2. The lowest BCUT2D eigenvalue weighted by atomic mass is 10.0. The summed E-state index contributed by atoms with van der Waals surface area (Å²) in [5.74, 6) is 1.52. The number of rotatable bonds is 8. The van der Waals surface area contributed by atoms with Gasteiger partial charge in [0.1, 0.15) is 23.1 Å². The molecule has 1 saturated heterocycles. The minimum absolute atomic E-state index is 0.000633. The zero-order valence-corrected chi connectivity index (χ0v) is 19.3. The highest BCUT2D eigenvalue weighted by molar-refractivity contribution is 7.23. The molecule has 1 fully saturated rings. The predicted molar refractivity (Wildman–Crippen MR) is 128 cm³/mol. The molecule has 164 valence electrons. The summed E-state index contributed by atoms with van der Waals surface area (Å²) in [4.78, 5) is 18.0. The zero-order chi connectivity index (χ0) is 21.8. The molecule has 2 heterocycles. The number of fused-ring (bicyclic) bond motifs is 1. The fourth-order valence-electron chi connectivity index (χ4n) is 4.12. The summed E-state index contributed by atoms with van der Waals surface area (Å²) in [5.41, 5.74) is 1.35. The summed E-state index contributed by atoms with van der Waals surface area (Å²) in [6.07, 6.45) is 3.91. The molecule has 6 heteroatoms. The molecule has 2 aromatic carbocycles. The van der Waals surface area contributed by atoms with Crippen molar-refractivity contribution in [3.63, 3.8) is 0 Å². The van der Waals surface area contributed by atoms with Crippen LogP contribution in [0.2, 0.25) is 0 Å². The standard InChI is InChI=1S/C25H30N2O3S/c1-26(2)25-23(22-20(29-3)8-7-9-21(22)31-25)24(28)18-10-12-19(13-11-18)30-17-16-27-14-5-4-6-15-27/h7-13H,4-6,14-17H2,1-3H3. The van der Waals surface area contributed by atoms with E-state index in [-0.39, 0.29) is 5.78 Å². The number of hydrogen-bond acceptors (Lipinski definition) is 6. The first kappa shape index (κ1) is 21.7. The minimum atomic E-state index is -0.000633. The highest BCUT2D eigenvalue weighted by Gasteiger charge is 2.24. The van der Waals surface area contributed by atoms with Crippen LogP contribution in [0.4, 0.5) is 5.00 Å². The number of carbonyl (C=O) groups excluding carboxylic acids is 1. The molecule has 0 radical (unpaired) electrons. The summed E-state index contributed by atoms with van der Waals surface area (Å²) >= 11 is 1.61. The maximum Gasteiger partial charge on any atom is 0.196 e. The molecule has 0 unspecified atom stereocenters. The van der Waals surface area contributed by atoms with E-state index in [1.807, 2.05) is 61.5 Å². The van der Waals surface area contributed by atoms with Gasteiger partial charge >= 0.3 is 0 Å². The molecule has 1 aliphatic rings. The number of methoxy groups -OCH3 is 1. The molecule has 0 atom stereocenters.